The van der Waals surface area contributed by atoms with Gasteiger partial charge in [0.15, 0.2) is 11.6 Å². The van der Waals surface area contributed by atoms with E-state index in [1.165, 1.54) is 0 Å². The fourth-order valence-corrected chi connectivity index (χ4v) is 2.49. The Bertz CT molecular complexity index is 904. The van der Waals surface area contributed by atoms with Gasteiger partial charge in [0.25, 0.3) is 0 Å². The molecule has 3 aromatic rings. The Labute approximate surface area is 139 Å². The van der Waals surface area contributed by atoms with Crippen molar-refractivity contribution >= 4 is 23.3 Å². The maximum Gasteiger partial charge on any atom is 0.174 e. The molecule has 0 amide bonds. The summed E-state index contributed by atoms with van der Waals surface area (Å²) in [6, 6.07) is 19.3. The molecule has 0 fully saturated rings. The zero-order chi connectivity index (χ0) is 16.2. The van der Waals surface area contributed by atoms with Crippen molar-refractivity contribution in [1.82, 2.24) is 14.8 Å². The maximum absolute atomic E-state index is 9.49. The van der Waals surface area contributed by atoms with Crippen LogP contribution in [0, 0.1) is 11.3 Å². The van der Waals surface area contributed by atoms with Crippen LogP contribution in [-0.2, 0) is 7.05 Å². The zero-order valence-electron chi connectivity index (χ0n) is 12.4. The number of nitrogens with zero attached hydrogens (tertiary/aromatic N) is 4. The number of benzene rings is 2. The second kappa shape index (κ2) is 6.47. The number of aromatic nitrogens is 3. The molecule has 0 N–H and O–H groups in total. The fraction of sp³-hybridized carbons (Fsp3) is 0.0556. The number of hydrogen-bond acceptors (Lipinski definition) is 3. The third kappa shape index (κ3) is 3.01. The van der Waals surface area contributed by atoms with Crippen molar-refractivity contribution in [2.45, 2.75) is 0 Å². The van der Waals surface area contributed by atoms with E-state index in [0.717, 1.165) is 11.1 Å². The van der Waals surface area contributed by atoms with Gasteiger partial charge in [0.2, 0.25) is 0 Å². The number of halogens is 1. The molecular weight excluding hydrogens is 308 g/mol. The van der Waals surface area contributed by atoms with Crippen LogP contribution in [0.4, 0.5) is 0 Å². The Morgan fingerprint density at radius 3 is 2.48 bits per heavy atom. The van der Waals surface area contributed by atoms with Crippen LogP contribution in [0.1, 0.15) is 11.4 Å². The van der Waals surface area contributed by atoms with Crippen LogP contribution in [0.2, 0.25) is 5.02 Å². The van der Waals surface area contributed by atoms with Gasteiger partial charge in [-0.2, -0.15) is 5.26 Å². The summed E-state index contributed by atoms with van der Waals surface area (Å²) < 4.78 is 1.81. The summed E-state index contributed by atoms with van der Waals surface area (Å²) in [5.41, 5.74) is 2.13. The second-order valence-electron chi connectivity index (χ2n) is 4.96. The van der Waals surface area contributed by atoms with Gasteiger partial charge in [-0.3, -0.25) is 0 Å². The summed E-state index contributed by atoms with van der Waals surface area (Å²) in [5.74, 6) is 1.21. The first-order chi connectivity index (χ1) is 11.2. The van der Waals surface area contributed by atoms with E-state index in [2.05, 4.69) is 16.3 Å². The minimum atomic E-state index is 0.412. The topological polar surface area (TPSA) is 54.5 Å². The normalized spacial score (nSPS) is 11.3. The summed E-state index contributed by atoms with van der Waals surface area (Å²) in [5, 5.41) is 18.5. The molecule has 0 atom stereocenters. The minimum Gasteiger partial charge on any atom is -0.310 e. The van der Waals surface area contributed by atoms with E-state index < -0.39 is 0 Å². The summed E-state index contributed by atoms with van der Waals surface area (Å²) in [6.07, 6.45) is 1.72. The lowest BCUT2D eigenvalue weighted by Gasteiger charge is -2.04. The van der Waals surface area contributed by atoms with Crippen LogP contribution >= 0.6 is 11.6 Å². The first-order valence-corrected chi connectivity index (χ1v) is 7.40. The fourth-order valence-electron chi connectivity index (χ4n) is 2.30. The molecule has 112 valence electrons. The lowest BCUT2D eigenvalue weighted by Crippen LogP contribution is -1.98. The molecule has 5 heteroatoms. The maximum atomic E-state index is 9.49. The monoisotopic (exact) mass is 320 g/mol. The molecule has 0 radical (unpaired) electrons. The first-order valence-electron chi connectivity index (χ1n) is 7.02. The Kier molecular flexibility index (Phi) is 4.22. The average Bonchev–Trinajstić information content (AvgIpc) is 2.96. The lowest BCUT2D eigenvalue weighted by molar-refractivity contribution is 0.901. The Hall–Kier alpha value is -2.90. The molecule has 1 aromatic heterocycles. The van der Waals surface area contributed by atoms with Gasteiger partial charge < -0.3 is 4.57 Å². The molecule has 0 saturated carbocycles. The molecular formula is C18H13ClN4. The summed E-state index contributed by atoms with van der Waals surface area (Å²) in [4.78, 5) is 0. The van der Waals surface area contributed by atoms with Crippen LogP contribution in [0.5, 0.6) is 0 Å². The van der Waals surface area contributed by atoms with Crippen molar-refractivity contribution < 1.29 is 0 Å². The SMILES string of the molecule is Cn1c(C(C#N)=Cc2ccccc2Cl)nnc1-c1ccccc1. The highest BCUT2D eigenvalue weighted by molar-refractivity contribution is 6.32. The van der Waals surface area contributed by atoms with Gasteiger partial charge in [-0.25, -0.2) is 0 Å². The van der Waals surface area contributed by atoms with Crippen molar-refractivity contribution in [2.75, 3.05) is 0 Å². The molecule has 0 spiro atoms. The Morgan fingerprint density at radius 2 is 1.78 bits per heavy atom. The third-order valence-electron chi connectivity index (χ3n) is 3.47. The highest BCUT2D eigenvalue weighted by atomic mass is 35.5. The number of allylic oxidation sites excluding steroid dienone is 1. The van der Waals surface area contributed by atoms with Gasteiger partial charge in [-0.1, -0.05) is 60.1 Å². The molecule has 4 nitrogen and oxygen atoms in total. The molecule has 0 aliphatic rings. The molecule has 1 heterocycles. The van der Waals surface area contributed by atoms with E-state index in [1.807, 2.05) is 55.6 Å². The van der Waals surface area contributed by atoms with E-state index in [4.69, 9.17) is 11.6 Å². The van der Waals surface area contributed by atoms with Crippen molar-refractivity contribution in [3.8, 4) is 17.5 Å². The van der Waals surface area contributed by atoms with E-state index in [0.29, 0.717) is 22.2 Å². The average molecular weight is 321 g/mol. The predicted molar refractivity (Wildman–Crippen MR) is 91.4 cm³/mol. The molecule has 2 aromatic carbocycles. The minimum absolute atomic E-state index is 0.412. The lowest BCUT2D eigenvalue weighted by atomic mass is 10.1. The first kappa shape index (κ1) is 15.0. The van der Waals surface area contributed by atoms with Crippen molar-refractivity contribution in [3.63, 3.8) is 0 Å². The van der Waals surface area contributed by atoms with Gasteiger partial charge in [0.1, 0.15) is 6.07 Å². The molecule has 0 bridgehead atoms. The summed E-state index contributed by atoms with van der Waals surface area (Å²) in [6.45, 7) is 0. The van der Waals surface area contributed by atoms with Gasteiger partial charge in [0, 0.05) is 17.6 Å². The summed E-state index contributed by atoms with van der Waals surface area (Å²) in [7, 11) is 1.84. The molecule has 0 saturated heterocycles. The van der Waals surface area contributed by atoms with Crippen LogP contribution < -0.4 is 0 Å². The van der Waals surface area contributed by atoms with E-state index in [9.17, 15) is 5.26 Å². The highest BCUT2D eigenvalue weighted by Crippen LogP contribution is 2.24. The molecule has 0 unspecified atom stereocenters. The largest absolute Gasteiger partial charge is 0.310 e. The van der Waals surface area contributed by atoms with Gasteiger partial charge in [-0.05, 0) is 17.7 Å². The molecule has 0 aliphatic carbocycles. The molecule has 3 rings (SSSR count). The van der Waals surface area contributed by atoms with Crippen LogP contribution in [0.15, 0.2) is 54.6 Å². The van der Waals surface area contributed by atoms with Crippen molar-refractivity contribution in [1.29, 1.82) is 5.26 Å². The van der Waals surface area contributed by atoms with Crippen LogP contribution in [0.3, 0.4) is 0 Å². The third-order valence-corrected chi connectivity index (χ3v) is 3.82. The van der Waals surface area contributed by atoms with Crippen LogP contribution in [0.25, 0.3) is 23.0 Å². The van der Waals surface area contributed by atoms with Gasteiger partial charge >= 0.3 is 0 Å². The molecule has 23 heavy (non-hydrogen) atoms. The predicted octanol–water partition coefficient (Wildman–Crippen LogP) is 4.20. The smallest absolute Gasteiger partial charge is 0.174 e. The van der Waals surface area contributed by atoms with E-state index >= 15 is 0 Å². The highest BCUT2D eigenvalue weighted by Gasteiger charge is 2.14. The van der Waals surface area contributed by atoms with Gasteiger partial charge in [-0.15, -0.1) is 10.2 Å². The van der Waals surface area contributed by atoms with Crippen molar-refractivity contribution in [3.05, 3.63) is 71.0 Å². The molecule has 0 aliphatic heterocycles. The van der Waals surface area contributed by atoms with E-state index in [-0.39, 0.29) is 0 Å². The number of nitriles is 1. The van der Waals surface area contributed by atoms with Crippen molar-refractivity contribution in [2.24, 2.45) is 7.05 Å². The van der Waals surface area contributed by atoms with Crippen LogP contribution in [-0.4, -0.2) is 14.8 Å². The standard InChI is InChI=1S/C18H13ClN4/c1-23-17(13-7-3-2-4-8-13)21-22-18(23)15(12-20)11-14-9-5-6-10-16(14)19/h2-11H,1H3. The quantitative estimate of drug-likeness (QED) is 0.680. The van der Waals surface area contributed by atoms with Gasteiger partial charge in [0.05, 0.1) is 5.57 Å². The second-order valence-corrected chi connectivity index (χ2v) is 5.37. The Morgan fingerprint density at radius 1 is 1.09 bits per heavy atom. The summed E-state index contributed by atoms with van der Waals surface area (Å²) >= 11 is 6.16. The zero-order valence-corrected chi connectivity index (χ0v) is 13.2. The number of hydrogen-bond donors (Lipinski definition) is 0. The van der Waals surface area contributed by atoms with E-state index in [1.54, 1.807) is 16.7 Å². The Balaban J connectivity index is 2.06. The number of rotatable bonds is 3.